The number of hydrogen-bond acceptors (Lipinski definition) is 7. The zero-order chi connectivity index (χ0) is 24.7. The molecule has 33 heavy (non-hydrogen) atoms. The van der Waals surface area contributed by atoms with Gasteiger partial charge in [0.25, 0.3) is 5.91 Å². The molecule has 1 aromatic carbocycles. The zero-order valence-electron chi connectivity index (χ0n) is 17.5. The number of benzene rings is 1. The number of carboxylic acid groups (broad SMARTS) is 1. The van der Waals surface area contributed by atoms with Crippen molar-refractivity contribution in [2.45, 2.75) is 37.4 Å². The van der Waals surface area contributed by atoms with Gasteiger partial charge in [0.1, 0.15) is 18.4 Å². The molecule has 10 nitrogen and oxygen atoms in total. The molecule has 0 spiro atoms. The molecule has 1 saturated heterocycles. The highest BCUT2D eigenvalue weighted by atomic mass is 35.5. The van der Waals surface area contributed by atoms with Crippen LogP contribution in [-0.2, 0) is 19.2 Å². The van der Waals surface area contributed by atoms with Gasteiger partial charge < -0.3 is 30.5 Å². The van der Waals surface area contributed by atoms with E-state index in [9.17, 15) is 29.1 Å². The molecular formula is C20H23Cl2N3O7S. The van der Waals surface area contributed by atoms with Crippen molar-refractivity contribution in [3.63, 3.8) is 0 Å². The summed E-state index contributed by atoms with van der Waals surface area (Å²) in [6.07, 6.45) is 2.36. The van der Waals surface area contributed by atoms with Crippen LogP contribution in [0.1, 0.15) is 29.6 Å². The van der Waals surface area contributed by atoms with E-state index < -0.39 is 48.2 Å². The summed E-state index contributed by atoms with van der Waals surface area (Å²) in [6, 6.07) is -0.654. The molecule has 1 fully saturated rings. The van der Waals surface area contributed by atoms with E-state index in [1.807, 2.05) is 0 Å². The van der Waals surface area contributed by atoms with Crippen molar-refractivity contribution in [2.24, 2.45) is 0 Å². The van der Waals surface area contributed by atoms with Crippen molar-refractivity contribution in [3.8, 4) is 5.75 Å². The fourth-order valence-electron chi connectivity index (χ4n) is 3.38. The zero-order valence-corrected chi connectivity index (χ0v) is 19.9. The van der Waals surface area contributed by atoms with Crippen LogP contribution in [0.15, 0.2) is 12.1 Å². The Hall–Kier alpha value is -2.50. The lowest BCUT2D eigenvalue weighted by Gasteiger charge is -2.29. The predicted molar refractivity (Wildman–Crippen MR) is 123 cm³/mol. The molecule has 4 N–H and O–H groups in total. The molecular weight excluding hydrogens is 497 g/mol. The molecule has 180 valence electrons. The quantitative estimate of drug-likeness (QED) is 0.337. The van der Waals surface area contributed by atoms with Crippen molar-refractivity contribution in [2.75, 3.05) is 18.6 Å². The third-order valence-corrected chi connectivity index (χ3v) is 6.18. The number of aldehydes is 1. The summed E-state index contributed by atoms with van der Waals surface area (Å²) < 4.78 is 0. The number of nitrogens with one attached hydrogen (secondary N) is 2. The summed E-state index contributed by atoms with van der Waals surface area (Å²) in [5, 5.41) is 23.2. The van der Waals surface area contributed by atoms with Crippen LogP contribution in [0.3, 0.4) is 0 Å². The second-order valence-corrected chi connectivity index (χ2v) is 9.03. The molecule has 13 heteroatoms. The second kappa shape index (κ2) is 12.1. The summed E-state index contributed by atoms with van der Waals surface area (Å²) in [6.45, 7) is 0.263. The molecule has 1 aromatic rings. The molecule has 0 radical (unpaired) electrons. The first-order valence-electron chi connectivity index (χ1n) is 9.84. The lowest BCUT2D eigenvalue weighted by atomic mass is 10.1. The number of phenolic OH excluding ortho intramolecular Hbond substituents is 1. The summed E-state index contributed by atoms with van der Waals surface area (Å²) in [5.41, 5.74) is 0.0416. The van der Waals surface area contributed by atoms with E-state index in [2.05, 4.69) is 10.6 Å². The Kier molecular flexibility index (Phi) is 9.81. The van der Waals surface area contributed by atoms with E-state index in [-0.39, 0.29) is 33.7 Å². The average molecular weight is 520 g/mol. The van der Waals surface area contributed by atoms with E-state index in [0.717, 1.165) is 0 Å². The van der Waals surface area contributed by atoms with Gasteiger partial charge >= 0.3 is 5.97 Å². The van der Waals surface area contributed by atoms with Gasteiger partial charge in [-0.15, -0.1) is 0 Å². The van der Waals surface area contributed by atoms with Crippen LogP contribution in [0, 0.1) is 0 Å². The summed E-state index contributed by atoms with van der Waals surface area (Å²) in [5.74, 6) is -3.17. The van der Waals surface area contributed by atoms with E-state index in [1.165, 1.54) is 28.8 Å². The van der Waals surface area contributed by atoms with Crippen molar-refractivity contribution >= 4 is 64.9 Å². The molecule has 0 aliphatic carbocycles. The van der Waals surface area contributed by atoms with Gasteiger partial charge in [-0.3, -0.25) is 19.2 Å². The van der Waals surface area contributed by atoms with Gasteiger partial charge in [-0.25, -0.2) is 0 Å². The number of carbonyl (C=O) groups is 5. The van der Waals surface area contributed by atoms with Gasteiger partial charge in [0, 0.05) is 17.9 Å². The maximum Gasteiger partial charge on any atom is 0.305 e. The van der Waals surface area contributed by atoms with Gasteiger partial charge in [-0.05, 0) is 31.2 Å². The molecule has 0 saturated carbocycles. The van der Waals surface area contributed by atoms with Crippen LogP contribution in [0.25, 0.3) is 0 Å². The standard InChI is InChI=1S/C20H23Cl2N3O7S/c1-33-9-14(24-18(30)10-5-12(21)17(29)13(22)6-10)20(32)25-4-2-3-15(25)19(31)23-11(8-26)7-16(27)28/h5-6,8,11,14-15,29H,2-4,7,9H2,1H3,(H,23,31)(H,24,30)(H,27,28)/t11-,14-,15?/m0/s1. The summed E-state index contributed by atoms with van der Waals surface area (Å²) >= 11 is 13.0. The first kappa shape index (κ1) is 26.7. The van der Waals surface area contributed by atoms with Crippen LogP contribution in [0.4, 0.5) is 0 Å². The molecule has 3 atom stereocenters. The number of nitrogens with zero attached hydrogens (tertiary/aromatic N) is 1. The molecule has 1 aliphatic heterocycles. The van der Waals surface area contributed by atoms with E-state index in [0.29, 0.717) is 19.1 Å². The first-order chi connectivity index (χ1) is 15.6. The molecule has 3 amide bonds. The maximum absolute atomic E-state index is 13.2. The number of carbonyl (C=O) groups excluding carboxylic acids is 4. The number of aromatic hydroxyl groups is 1. The number of aliphatic carboxylic acids is 1. The monoisotopic (exact) mass is 519 g/mol. The molecule has 0 aromatic heterocycles. The average Bonchev–Trinajstić information content (AvgIpc) is 3.25. The third kappa shape index (κ3) is 6.99. The van der Waals surface area contributed by atoms with Crippen LogP contribution >= 0.6 is 35.0 Å². The number of thioether (sulfide) groups is 1. The number of phenols is 1. The minimum atomic E-state index is -1.25. The van der Waals surface area contributed by atoms with Crippen LogP contribution in [0.2, 0.25) is 10.0 Å². The van der Waals surface area contributed by atoms with Crippen LogP contribution in [0.5, 0.6) is 5.75 Å². The summed E-state index contributed by atoms with van der Waals surface area (Å²) in [7, 11) is 0. The topological polar surface area (TPSA) is 153 Å². The number of hydrogen-bond donors (Lipinski definition) is 4. The van der Waals surface area contributed by atoms with Gasteiger partial charge in [0.2, 0.25) is 11.8 Å². The third-order valence-electron chi connectivity index (χ3n) is 4.94. The number of amides is 3. The minimum absolute atomic E-state index is 0.0416. The smallest absolute Gasteiger partial charge is 0.305 e. The second-order valence-electron chi connectivity index (χ2n) is 7.31. The largest absolute Gasteiger partial charge is 0.505 e. The molecule has 1 aliphatic rings. The number of carboxylic acids is 1. The number of likely N-dealkylation sites (tertiary alicyclic amines) is 1. The minimum Gasteiger partial charge on any atom is -0.505 e. The number of halogens is 2. The Bertz CT molecular complexity index is 923. The summed E-state index contributed by atoms with van der Waals surface area (Å²) in [4.78, 5) is 61.8. The molecule has 0 bridgehead atoms. The van der Waals surface area contributed by atoms with Crippen molar-refractivity contribution in [1.82, 2.24) is 15.5 Å². The van der Waals surface area contributed by atoms with E-state index in [4.69, 9.17) is 28.3 Å². The van der Waals surface area contributed by atoms with Crippen LogP contribution < -0.4 is 10.6 Å². The Labute approximate surface area is 204 Å². The fourth-order valence-corrected chi connectivity index (χ4v) is 4.43. The molecule has 1 unspecified atom stereocenters. The normalized spacial score (nSPS) is 17.2. The van der Waals surface area contributed by atoms with Crippen molar-refractivity contribution in [1.29, 1.82) is 0 Å². The highest BCUT2D eigenvalue weighted by Crippen LogP contribution is 2.32. The first-order valence-corrected chi connectivity index (χ1v) is 12.0. The van der Waals surface area contributed by atoms with E-state index in [1.54, 1.807) is 6.26 Å². The lowest BCUT2D eigenvalue weighted by molar-refractivity contribution is -0.141. The van der Waals surface area contributed by atoms with Crippen LogP contribution in [-0.4, -0.2) is 81.8 Å². The fraction of sp³-hybridized carbons (Fsp3) is 0.450. The molecule has 1 heterocycles. The highest BCUT2D eigenvalue weighted by Gasteiger charge is 2.38. The Balaban J connectivity index is 2.15. The van der Waals surface area contributed by atoms with Crippen molar-refractivity contribution < 1.29 is 34.2 Å². The predicted octanol–water partition coefficient (Wildman–Crippen LogP) is 1.31. The Morgan fingerprint density at radius 3 is 2.42 bits per heavy atom. The van der Waals surface area contributed by atoms with Crippen molar-refractivity contribution in [3.05, 3.63) is 27.7 Å². The highest BCUT2D eigenvalue weighted by molar-refractivity contribution is 7.98. The SMILES string of the molecule is CSC[C@H](NC(=O)c1cc(Cl)c(O)c(Cl)c1)C(=O)N1CCCC1C(=O)N[C@H](C=O)CC(=O)O. The Morgan fingerprint density at radius 1 is 1.24 bits per heavy atom. The van der Waals surface area contributed by atoms with Gasteiger partial charge in [-0.1, -0.05) is 23.2 Å². The Morgan fingerprint density at radius 2 is 1.88 bits per heavy atom. The lowest BCUT2D eigenvalue weighted by Crippen LogP contribution is -2.55. The van der Waals surface area contributed by atoms with E-state index >= 15 is 0 Å². The number of rotatable bonds is 10. The van der Waals surface area contributed by atoms with Gasteiger partial charge in [0.15, 0.2) is 5.75 Å². The van der Waals surface area contributed by atoms with Gasteiger partial charge in [-0.2, -0.15) is 11.8 Å². The maximum atomic E-state index is 13.2. The molecule has 2 rings (SSSR count). The van der Waals surface area contributed by atoms with Gasteiger partial charge in [0.05, 0.1) is 22.5 Å².